The highest BCUT2D eigenvalue weighted by Crippen LogP contribution is 2.14. The van der Waals surface area contributed by atoms with E-state index in [4.69, 9.17) is 0 Å². The number of imidazole rings is 1. The van der Waals surface area contributed by atoms with Crippen LogP contribution in [-0.2, 0) is 11.3 Å². The Kier molecular flexibility index (Phi) is 6.31. The van der Waals surface area contributed by atoms with E-state index in [9.17, 15) is 4.79 Å². The fraction of sp³-hybridized carbons (Fsp3) is 0.692. The molecule has 0 spiro atoms. The Bertz CT molecular complexity index is 399. The highest BCUT2D eigenvalue weighted by molar-refractivity contribution is 5.91. The molecule has 6 heteroatoms. The van der Waals surface area contributed by atoms with E-state index in [0.29, 0.717) is 11.9 Å². The van der Waals surface area contributed by atoms with E-state index < -0.39 is 0 Å². The number of amides is 1. The van der Waals surface area contributed by atoms with Gasteiger partial charge in [-0.05, 0) is 25.3 Å². The smallest absolute Gasteiger partial charge is 0.231 e. The second-order valence-electron chi connectivity index (χ2n) is 5.33. The third-order valence-electron chi connectivity index (χ3n) is 3.18. The van der Waals surface area contributed by atoms with Crippen LogP contribution in [0.2, 0.25) is 0 Å². The maximum atomic E-state index is 12.1. The molecule has 5 nitrogen and oxygen atoms in total. The van der Waals surface area contributed by atoms with Crippen LogP contribution in [-0.4, -0.2) is 28.5 Å². The number of nitrogens with zero attached hydrogens (tertiary/aromatic N) is 2. The van der Waals surface area contributed by atoms with E-state index in [1.165, 1.54) is 0 Å². The third kappa shape index (κ3) is 4.51. The van der Waals surface area contributed by atoms with Crippen LogP contribution in [0.4, 0.5) is 5.95 Å². The van der Waals surface area contributed by atoms with Crippen LogP contribution in [0.3, 0.4) is 0 Å². The lowest BCUT2D eigenvalue weighted by Crippen LogP contribution is -2.37. The summed E-state index contributed by atoms with van der Waals surface area (Å²) in [4.78, 5) is 16.3. The summed E-state index contributed by atoms with van der Waals surface area (Å²) in [5, 5.41) is 6.19. The first-order valence-corrected chi connectivity index (χ1v) is 6.69. The number of rotatable bonds is 4. The Morgan fingerprint density at radius 1 is 1.63 bits per heavy atom. The molecule has 2 rings (SSSR count). The van der Waals surface area contributed by atoms with Crippen molar-refractivity contribution in [3.05, 3.63) is 12.4 Å². The maximum Gasteiger partial charge on any atom is 0.231 e. The fourth-order valence-electron chi connectivity index (χ4n) is 2.26. The summed E-state index contributed by atoms with van der Waals surface area (Å²) in [6.07, 6.45) is 5.67. The summed E-state index contributed by atoms with van der Waals surface area (Å²) in [5.41, 5.74) is 0. The summed E-state index contributed by atoms with van der Waals surface area (Å²) >= 11 is 0. The van der Waals surface area contributed by atoms with Gasteiger partial charge in [-0.2, -0.15) is 0 Å². The molecule has 19 heavy (non-hydrogen) atoms. The minimum absolute atomic E-state index is 0. The van der Waals surface area contributed by atoms with Crippen LogP contribution in [0.15, 0.2) is 12.4 Å². The van der Waals surface area contributed by atoms with Crippen LogP contribution in [0.25, 0.3) is 0 Å². The van der Waals surface area contributed by atoms with Crippen LogP contribution in [0.5, 0.6) is 0 Å². The van der Waals surface area contributed by atoms with Crippen molar-refractivity contribution >= 4 is 24.3 Å². The van der Waals surface area contributed by atoms with E-state index >= 15 is 0 Å². The van der Waals surface area contributed by atoms with Gasteiger partial charge >= 0.3 is 0 Å². The molecular formula is C13H23ClN4O. The number of nitrogens with one attached hydrogen (secondary N) is 2. The minimum Gasteiger partial charge on any atom is -0.317 e. The number of carbonyl (C=O) groups excluding carboxylic acids is 1. The largest absolute Gasteiger partial charge is 0.317 e. The molecule has 1 atom stereocenters. The predicted octanol–water partition coefficient (Wildman–Crippen LogP) is 1.90. The third-order valence-corrected chi connectivity index (χ3v) is 3.18. The molecule has 1 unspecified atom stereocenters. The fourth-order valence-corrected chi connectivity index (χ4v) is 2.26. The number of piperidine rings is 1. The number of hydrogen-bond donors (Lipinski definition) is 2. The summed E-state index contributed by atoms with van der Waals surface area (Å²) in [6, 6.07) is 0. The first kappa shape index (κ1) is 16.0. The number of halogens is 1. The molecule has 1 aromatic heterocycles. The average molecular weight is 287 g/mol. The highest BCUT2D eigenvalue weighted by Gasteiger charge is 2.22. The van der Waals surface area contributed by atoms with E-state index in [0.717, 1.165) is 32.5 Å². The predicted molar refractivity (Wildman–Crippen MR) is 78.5 cm³/mol. The van der Waals surface area contributed by atoms with E-state index in [2.05, 4.69) is 29.5 Å². The normalized spacial score (nSPS) is 19.0. The van der Waals surface area contributed by atoms with Gasteiger partial charge in [-0.3, -0.25) is 10.1 Å². The molecule has 0 bridgehead atoms. The van der Waals surface area contributed by atoms with Gasteiger partial charge in [0.2, 0.25) is 11.9 Å². The van der Waals surface area contributed by atoms with E-state index in [-0.39, 0.29) is 24.2 Å². The second-order valence-corrected chi connectivity index (χ2v) is 5.33. The lowest BCUT2D eigenvalue weighted by atomic mass is 9.99. The molecule has 2 heterocycles. The quantitative estimate of drug-likeness (QED) is 0.889. The zero-order valence-electron chi connectivity index (χ0n) is 11.6. The standard InChI is InChI=1S/C13H22N4O.ClH/c1-10(2)9-17-7-6-15-13(17)16-12(18)11-4-3-5-14-8-11;/h6-7,10-11,14H,3-5,8-9H2,1-2H3,(H,15,16,18);1H. The molecule has 1 aliphatic rings. The number of hydrogen-bond acceptors (Lipinski definition) is 3. The van der Waals surface area contributed by atoms with Crippen molar-refractivity contribution in [2.45, 2.75) is 33.2 Å². The van der Waals surface area contributed by atoms with Crippen molar-refractivity contribution in [3.8, 4) is 0 Å². The van der Waals surface area contributed by atoms with Crippen LogP contribution in [0, 0.1) is 11.8 Å². The van der Waals surface area contributed by atoms with Crippen LogP contribution < -0.4 is 10.6 Å². The molecule has 0 aromatic carbocycles. The van der Waals surface area contributed by atoms with Gasteiger partial charge in [0.25, 0.3) is 0 Å². The Morgan fingerprint density at radius 2 is 2.42 bits per heavy atom. The molecule has 1 amide bonds. The van der Waals surface area contributed by atoms with Gasteiger partial charge in [-0.25, -0.2) is 4.98 Å². The monoisotopic (exact) mass is 286 g/mol. The molecular weight excluding hydrogens is 264 g/mol. The molecule has 1 aliphatic heterocycles. The molecule has 1 aromatic rings. The van der Waals surface area contributed by atoms with Gasteiger partial charge in [-0.15, -0.1) is 12.4 Å². The summed E-state index contributed by atoms with van der Waals surface area (Å²) < 4.78 is 2.00. The first-order valence-electron chi connectivity index (χ1n) is 6.69. The zero-order valence-corrected chi connectivity index (χ0v) is 12.4. The van der Waals surface area contributed by atoms with Crippen molar-refractivity contribution in [1.82, 2.24) is 14.9 Å². The average Bonchev–Trinajstić information content (AvgIpc) is 2.77. The van der Waals surface area contributed by atoms with Crippen molar-refractivity contribution in [2.75, 3.05) is 18.4 Å². The summed E-state index contributed by atoms with van der Waals surface area (Å²) in [5.74, 6) is 1.35. The first-order chi connectivity index (χ1) is 8.66. The van der Waals surface area contributed by atoms with Gasteiger partial charge < -0.3 is 9.88 Å². The Hall–Kier alpha value is -1.07. The number of aromatic nitrogens is 2. The SMILES string of the molecule is CC(C)Cn1ccnc1NC(=O)C1CCCNC1.Cl. The topological polar surface area (TPSA) is 59.0 Å². The molecule has 0 radical (unpaired) electrons. The molecule has 0 aliphatic carbocycles. The summed E-state index contributed by atoms with van der Waals surface area (Å²) in [6.45, 7) is 6.97. The lowest BCUT2D eigenvalue weighted by molar-refractivity contribution is -0.120. The van der Waals surface area contributed by atoms with Gasteiger partial charge in [0.15, 0.2) is 0 Å². The van der Waals surface area contributed by atoms with Crippen molar-refractivity contribution in [2.24, 2.45) is 11.8 Å². The van der Waals surface area contributed by atoms with Crippen LogP contribution in [0.1, 0.15) is 26.7 Å². The van der Waals surface area contributed by atoms with Crippen LogP contribution >= 0.6 is 12.4 Å². The zero-order chi connectivity index (χ0) is 13.0. The van der Waals surface area contributed by atoms with E-state index in [1.54, 1.807) is 6.20 Å². The summed E-state index contributed by atoms with van der Waals surface area (Å²) in [7, 11) is 0. The molecule has 1 saturated heterocycles. The van der Waals surface area contributed by atoms with Gasteiger partial charge in [0.05, 0.1) is 5.92 Å². The van der Waals surface area contributed by atoms with Crippen molar-refractivity contribution in [3.63, 3.8) is 0 Å². The molecule has 108 valence electrons. The maximum absolute atomic E-state index is 12.1. The lowest BCUT2D eigenvalue weighted by Gasteiger charge is -2.22. The Morgan fingerprint density at radius 3 is 3.05 bits per heavy atom. The minimum atomic E-state index is 0. The highest BCUT2D eigenvalue weighted by atomic mass is 35.5. The number of carbonyl (C=O) groups is 1. The van der Waals surface area contributed by atoms with Gasteiger partial charge in [0.1, 0.15) is 0 Å². The number of anilines is 1. The van der Waals surface area contributed by atoms with Crippen molar-refractivity contribution in [1.29, 1.82) is 0 Å². The molecule has 1 fully saturated rings. The van der Waals surface area contributed by atoms with Gasteiger partial charge in [-0.1, -0.05) is 13.8 Å². The van der Waals surface area contributed by atoms with E-state index in [1.807, 2.05) is 10.8 Å². The van der Waals surface area contributed by atoms with Gasteiger partial charge in [0, 0.05) is 25.5 Å². The van der Waals surface area contributed by atoms with Crippen molar-refractivity contribution < 1.29 is 4.79 Å². The Balaban J connectivity index is 0.00000180. The molecule has 2 N–H and O–H groups in total. The Labute approximate surface area is 120 Å². The second kappa shape index (κ2) is 7.50. The molecule has 0 saturated carbocycles.